The van der Waals surface area contributed by atoms with E-state index in [-0.39, 0.29) is 6.04 Å². The third-order valence-electron chi connectivity index (χ3n) is 3.31. The molecule has 0 saturated heterocycles. The highest BCUT2D eigenvalue weighted by Crippen LogP contribution is 2.30. The number of aromatic nitrogens is 2. The van der Waals surface area contributed by atoms with Crippen LogP contribution in [-0.2, 0) is 0 Å². The van der Waals surface area contributed by atoms with Crippen LogP contribution in [0.15, 0.2) is 9.59 Å². The summed E-state index contributed by atoms with van der Waals surface area (Å²) in [4.78, 5) is 25.5. The molecule has 0 radical (unpaired) electrons. The minimum Gasteiger partial charge on any atom is -0.295 e. The van der Waals surface area contributed by atoms with E-state index in [1.165, 1.54) is 0 Å². The zero-order valence-corrected chi connectivity index (χ0v) is 10.3. The Bertz CT molecular complexity index is 537. The molecule has 0 amide bonds. The smallest absolute Gasteiger partial charge is 0.295 e. The molecule has 4 nitrogen and oxygen atoms in total. The molecule has 1 aliphatic rings. The van der Waals surface area contributed by atoms with Crippen molar-refractivity contribution >= 4 is 11.6 Å². The second-order valence-corrected chi connectivity index (χ2v) is 5.04. The molecular formula is C11H14ClFN2O2. The van der Waals surface area contributed by atoms with Crippen molar-refractivity contribution in [3.05, 3.63) is 31.8 Å². The molecule has 1 N–H and O–H groups in total. The van der Waals surface area contributed by atoms with Crippen molar-refractivity contribution in [2.24, 2.45) is 5.92 Å². The van der Waals surface area contributed by atoms with Crippen molar-refractivity contribution in [3.63, 3.8) is 0 Å². The molecular weight excluding hydrogens is 247 g/mol. The van der Waals surface area contributed by atoms with Crippen LogP contribution < -0.4 is 11.2 Å². The van der Waals surface area contributed by atoms with Crippen LogP contribution in [-0.4, -0.2) is 9.55 Å². The van der Waals surface area contributed by atoms with Gasteiger partial charge in [0, 0.05) is 6.04 Å². The van der Waals surface area contributed by atoms with E-state index < -0.39 is 22.2 Å². The van der Waals surface area contributed by atoms with Gasteiger partial charge in [-0.2, -0.15) is 4.39 Å². The van der Waals surface area contributed by atoms with Crippen molar-refractivity contribution < 1.29 is 4.39 Å². The van der Waals surface area contributed by atoms with Gasteiger partial charge in [0.1, 0.15) is 0 Å². The van der Waals surface area contributed by atoms with Crippen LogP contribution in [0.1, 0.15) is 38.6 Å². The van der Waals surface area contributed by atoms with Crippen molar-refractivity contribution in [3.8, 4) is 0 Å². The summed E-state index contributed by atoms with van der Waals surface area (Å²) in [5, 5.41) is -0.514. The monoisotopic (exact) mass is 260 g/mol. The molecule has 17 heavy (non-hydrogen) atoms. The molecule has 0 bridgehead atoms. The molecule has 2 unspecified atom stereocenters. The molecule has 1 heterocycles. The Hall–Kier alpha value is -1.10. The van der Waals surface area contributed by atoms with Gasteiger partial charge in [0.25, 0.3) is 5.56 Å². The van der Waals surface area contributed by atoms with E-state index in [0.717, 1.165) is 30.3 Å². The lowest BCUT2D eigenvalue weighted by atomic mass is 9.87. The number of H-pyrrole nitrogens is 1. The summed E-state index contributed by atoms with van der Waals surface area (Å²) in [6.45, 7) is 2.07. The Morgan fingerprint density at radius 1 is 1.41 bits per heavy atom. The summed E-state index contributed by atoms with van der Waals surface area (Å²) >= 11 is 5.41. The summed E-state index contributed by atoms with van der Waals surface area (Å²) in [6.07, 6.45) is 3.49. The first-order chi connectivity index (χ1) is 8.00. The molecule has 2 rings (SSSR count). The van der Waals surface area contributed by atoms with Crippen molar-refractivity contribution in [1.29, 1.82) is 0 Å². The average molecular weight is 261 g/mol. The number of hydrogen-bond donors (Lipinski definition) is 1. The van der Waals surface area contributed by atoms with Gasteiger partial charge >= 0.3 is 5.69 Å². The second kappa shape index (κ2) is 4.64. The maximum absolute atomic E-state index is 13.4. The molecule has 1 saturated carbocycles. The van der Waals surface area contributed by atoms with Crippen LogP contribution in [0.25, 0.3) is 0 Å². The van der Waals surface area contributed by atoms with Gasteiger partial charge in [-0.25, -0.2) is 4.79 Å². The highest BCUT2D eigenvalue weighted by Gasteiger charge is 2.24. The Labute approximate surface area is 102 Å². The van der Waals surface area contributed by atoms with Crippen molar-refractivity contribution in [2.75, 3.05) is 0 Å². The molecule has 0 spiro atoms. The van der Waals surface area contributed by atoms with Crippen LogP contribution in [0, 0.1) is 11.7 Å². The molecule has 0 aromatic carbocycles. The Kier molecular flexibility index (Phi) is 3.38. The van der Waals surface area contributed by atoms with Gasteiger partial charge < -0.3 is 0 Å². The Morgan fingerprint density at radius 2 is 2.12 bits per heavy atom. The number of halogens is 2. The van der Waals surface area contributed by atoms with E-state index in [1.54, 1.807) is 0 Å². The average Bonchev–Trinajstić information content (AvgIpc) is 2.26. The minimum atomic E-state index is -1.08. The minimum absolute atomic E-state index is 0.221. The van der Waals surface area contributed by atoms with E-state index in [2.05, 4.69) is 11.9 Å². The summed E-state index contributed by atoms with van der Waals surface area (Å²) in [5.41, 5.74) is -1.54. The lowest BCUT2D eigenvalue weighted by molar-refractivity contribution is 0.268. The number of nitrogens with one attached hydrogen (secondary N) is 1. The van der Waals surface area contributed by atoms with Crippen LogP contribution in [0.2, 0.25) is 5.15 Å². The first-order valence-corrected chi connectivity index (χ1v) is 6.08. The van der Waals surface area contributed by atoms with Gasteiger partial charge in [-0.15, -0.1) is 0 Å². The Balaban J connectivity index is 2.49. The van der Waals surface area contributed by atoms with E-state index in [1.807, 2.05) is 0 Å². The second-order valence-electron chi connectivity index (χ2n) is 4.66. The lowest BCUT2D eigenvalue weighted by Crippen LogP contribution is -2.41. The fraction of sp³-hybridized carbons (Fsp3) is 0.636. The fourth-order valence-corrected chi connectivity index (χ4v) is 2.63. The third kappa shape index (κ3) is 2.29. The normalized spacial score (nSPS) is 24.9. The summed E-state index contributed by atoms with van der Waals surface area (Å²) in [7, 11) is 0. The number of nitrogens with zero attached hydrogens (tertiary/aromatic N) is 1. The lowest BCUT2D eigenvalue weighted by Gasteiger charge is -2.27. The molecule has 1 fully saturated rings. The summed E-state index contributed by atoms with van der Waals surface area (Å²) in [5.74, 6) is -0.636. The molecule has 94 valence electrons. The van der Waals surface area contributed by atoms with Crippen LogP contribution in [0.4, 0.5) is 4.39 Å². The Morgan fingerprint density at radius 3 is 2.76 bits per heavy atom. The molecule has 1 aromatic rings. The third-order valence-corrected chi connectivity index (χ3v) is 3.57. The van der Waals surface area contributed by atoms with E-state index in [0.29, 0.717) is 5.92 Å². The van der Waals surface area contributed by atoms with Gasteiger partial charge in [-0.1, -0.05) is 31.4 Å². The highest BCUT2D eigenvalue weighted by atomic mass is 35.5. The van der Waals surface area contributed by atoms with Gasteiger partial charge in [-0.05, 0) is 18.8 Å². The quantitative estimate of drug-likeness (QED) is 0.786. The summed E-state index contributed by atoms with van der Waals surface area (Å²) < 4.78 is 14.4. The number of hydrogen-bond acceptors (Lipinski definition) is 2. The van der Waals surface area contributed by atoms with Crippen LogP contribution in [0.3, 0.4) is 0 Å². The van der Waals surface area contributed by atoms with E-state index in [9.17, 15) is 14.0 Å². The highest BCUT2D eigenvalue weighted by molar-refractivity contribution is 6.29. The molecule has 1 aromatic heterocycles. The van der Waals surface area contributed by atoms with Crippen LogP contribution in [0.5, 0.6) is 0 Å². The maximum atomic E-state index is 13.4. The van der Waals surface area contributed by atoms with Crippen molar-refractivity contribution in [1.82, 2.24) is 9.55 Å². The number of rotatable bonds is 1. The fourth-order valence-electron chi connectivity index (χ4n) is 2.47. The van der Waals surface area contributed by atoms with Crippen LogP contribution >= 0.6 is 11.6 Å². The predicted molar refractivity (Wildman–Crippen MR) is 63.0 cm³/mol. The molecule has 1 aliphatic carbocycles. The van der Waals surface area contributed by atoms with Crippen molar-refractivity contribution in [2.45, 2.75) is 38.6 Å². The zero-order valence-electron chi connectivity index (χ0n) is 9.50. The SMILES string of the molecule is CC1CCCC(n2c(=O)[nH]c(Cl)c(F)c2=O)C1. The van der Waals surface area contributed by atoms with Gasteiger partial charge in [-0.3, -0.25) is 14.3 Å². The maximum Gasteiger partial charge on any atom is 0.329 e. The molecule has 0 aliphatic heterocycles. The first kappa shape index (κ1) is 12.4. The van der Waals surface area contributed by atoms with Gasteiger partial charge in [0.05, 0.1) is 0 Å². The standard InChI is InChI=1S/C11H14ClFN2O2/c1-6-3-2-4-7(5-6)15-10(16)8(13)9(12)14-11(15)17/h6-7H,2-5H2,1H3,(H,14,17). The largest absolute Gasteiger partial charge is 0.329 e. The zero-order chi connectivity index (χ0) is 12.6. The topological polar surface area (TPSA) is 54.9 Å². The van der Waals surface area contributed by atoms with E-state index >= 15 is 0 Å². The van der Waals surface area contributed by atoms with Gasteiger partial charge in [0.15, 0.2) is 5.15 Å². The van der Waals surface area contributed by atoms with Gasteiger partial charge in [0.2, 0.25) is 5.82 Å². The summed E-state index contributed by atoms with van der Waals surface area (Å²) in [6, 6.07) is -0.221. The van der Waals surface area contributed by atoms with E-state index in [4.69, 9.17) is 11.6 Å². The predicted octanol–water partition coefficient (Wildman–Crippen LogP) is 2.08. The molecule has 6 heteroatoms. The molecule has 2 atom stereocenters. The first-order valence-electron chi connectivity index (χ1n) is 5.70. The number of aromatic amines is 1.